The number of benzene rings is 2. The topological polar surface area (TPSA) is 46.4 Å². The van der Waals surface area contributed by atoms with E-state index in [0.29, 0.717) is 10.1 Å². The Kier molecular flexibility index (Phi) is 6.42. The molecule has 4 rings (SSSR count). The summed E-state index contributed by atoms with van der Waals surface area (Å²) in [4.78, 5) is 17.7. The molecule has 0 atom stereocenters. The van der Waals surface area contributed by atoms with E-state index in [1.807, 2.05) is 36.4 Å². The molecular formula is C26H27N3OS. The quantitative estimate of drug-likeness (QED) is 0.466. The van der Waals surface area contributed by atoms with Gasteiger partial charge in [0, 0.05) is 17.1 Å². The van der Waals surface area contributed by atoms with Crippen molar-refractivity contribution in [1.82, 2.24) is 9.88 Å². The Morgan fingerprint density at radius 3 is 2.52 bits per heavy atom. The van der Waals surface area contributed by atoms with Crippen LogP contribution in [0.25, 0.3) is 11.8 Å². The molecule has 1 saturated heterocycles. The molecule has 3 aromatic rings. The lowest BCUT2D eigenvalue weighted by molar-refractivity contribution is -0.115. The van der Waals surface area contributed by atoms with Crippen LogP contribution in [0, 0.1) is 13.8 Å². The van der Waals surface area contributed by atoms with E-state index >= 15 is 0 Å². The van der Waals surface area contributed by atoms with Gasteiger partial charge in [0.2, 0.25) is 0 Å². The molecule has 158 valence electrons. The molecule has 1 aromatic heterocycles. The van der Waals surface area contributed by atoms with Crippen LogP contribution in [0.3, 0.4) is 0 Å². The second kappa shape index (κ2) is 9.40. The molecule has 2 aromatic carbocycles. The van der Waals surface area contributed by atoms with Gasteiger partial charge in [-0.2, -0.15) is 0 Å². The molecule has 1 fully saturated rings. The number of amides is 1. The van der Waals surface area contributed by atoms with Crippen molar-refractivity contribution in [3.05, 3.63) is 88.1 Å². The molecule has 0 unspecified atom stereocenters. The monoisotopic (exact) mass is 429 g/mol. The van der Waals surface area contributed by atoms with Gasteiger partial charge in [0.25, 0.3) is 5.91 Å². The van der Waals surface area contributed by atoms with Gasteiger partial charge in [-0.05, 0) is 86.0 Å². The molecule has 0 spiro atoms. The summed E-state index contributed by atoms with van der Waals surface area (Å²) in [5.74, 6) is -0.107. The van der Waals surface area contributed by atoms with Gasteiger partial charge in [-0.15, -0.1) is 0 Å². The molecule has 2 heterocycles. The van der Waals surface area contributed by atoms with Crippen molar-refractivity contribution in [2.45, 2.75) is 40.0 Å². The van der Waals surface area contributed by atoms with Crippen molar-refractivity contribution in [1.29, 1.82) is 0 Å². The van der Waals surface area contributed by atoms with Gasteiger partial charge in [0.1, 0.15) is 0 Å². The Hall–Kier alpha value is -3.05. The Morgan fingerprint density at radius 2 is 1.81 bits per heavy atom. The number of para-hydroxylation sites is 1. The third-order valence-electron chi connectivity index (χ3n) is 5.41. The van der Waals surface area contributed by atoms with Crippen LogP contribution < -0.4 is 5.32 Å². The van der Waals surface area contributed by atoms with Crippen LogP contribution in [0.15, 0.2) is 70.6 Å². The first-order valence-electron chi connectivity index (χ1n) is 10.7. The van der Waals surface area contributed by atoms with Crippen molar-refractivity contribution in [2.75, 3.05) is 0 Å². The molecule has 1 aliphatic rings. The number of amidine groups is 1. The second-order valence-corrected chi connectivity index (χ2v) is 8.78. The zero-order chi connectivity index (χ0) is 21.8. The molecule has 31 heavy (non-hydrogen) atoms. The van der Waals surface area contributed by atoms with E-state index in [1.54, 1.807) is 0 Å². The fourth-order valence-electron chi connectivity index (χ4n) is 3.77. The number of carbonyl (C=O) groups excluding carboxylic acids is 1. The summed E-state index contributed by atoms with van der Waals surface area (Å²) in [7, 11) is 0. The number of aliphatic imine (C=N–C) groups is 1. The van der Waals surface area contributed by atoms with E-state index in [-0.39, 0.29) is 5.91 Å². The predicted octanol–water partition coefficient (Wildman–Crippen LogP) is 6.33. The molecule has 0 bridgehead atoms. The van der Waals surface area contributed by atoms with E-state index in [2.05, 4.69) is 66.0 Å². The van der Waals surface area contributed by atoms with Crippen LogP contribution in [-0.4, -0.2) is 15.6 Å². The highest BCUT2D eigenvalue weighted by Gasteiger charge is 2.24. The number of aromatic nitrogens is 1. The number of nitrogens with zero attached hydrogens (tertiary/aromatic N) is 2. The maximum Gasteiger partial charge on any atom is 0.264 e. The smallest absolute Gasteiger partial charge is 0.264 e. The van der Waals surface area contributed by atoms with Gasteiger partial charge < -0.3 is 9.88 Å². The second-order valence-electron chi connectivity index (χ2n) is 7.75. The summed E-state index contributed by atoms with van der Waals surface area (Å²) in [5, 5.41) is 3.48. The first kappa shape index (κ1) is 21.2. The number of aryl methyl sites for hydroxylation is 2. The predicted molar refractivity (Wildman–Crippen MR) is 131 cm³/mol. The summed E-state index contributed by atoms with van der Waals surface area (Å²) < 4.78 is 2.24. The molecule has 1 aliphatic heterocycles. The van der Waals surface area contributed by atoms with E-state index in [4.69, 9.17) is 0 Å². The van der Waals surface area contributed by atoms with E-state index in [1.165, 1.54) is 30.2 Å². The average molecular weight is 430 g/mol. The van der Waals surface area contributed by atoms with Crippen molar-refractivity contribution >= 4 is 34.6 Å². The highest BCUT2D eigenvalue weighted by molar-refractivity contribution is 8.18. The largest absolute Gasteiger partial charge is 0.318 e. The first-order valence-corrected chi connectivity index (χ1v) is 11.5. The molecule has 1 N–H and O–H groups in total. The van der Waals surface area contributed by atoms with Crippen LogP contribution >= 0.6 is 11.8 Å². The molecular weight excluding hydrogens is 402 g/mol. The minimum absolute atomic E-state index is 0.107. The molecule has 5 heteroatoms. The average Bonchev–Trinajstić information content (AvgIpc) is 3.25. The van der Waals surface area contributed by atoms with Crippen LogP contribution in [0.2, 0.25) is 0 Å². The lowest BCUT2D eigenvalue weighted by Crippen LogP contribution is -2.19. The number of rotatable bonds is 6. The fraction of sp³-hybridized carbons (Fsp3) is 0.231. The van der Waals surface area contributed by atoms with Crippen molar-refractivity contribution in [3.63, 3.8) is 0 Å². The Morgan fingerprint density at radius 1 is 1.06 bits per heavy atom. The third kappa shape index (κ3) is 4.83. The number of hydrogen-bond acceptors (Lipinski definition) is 3. The zero-order valence-electron chi connectivity index (χ0n) is 18.2. The summed E-state index contributed by atoms with van der Waals surface area (Å²) >= 11 is 1.38. The zero-order valence-corrected chi connectivity index (χ0v) is 19.0. The maximum absolute atomic E-state index is 12.5. The van der Waals surface area contributed by atoms with Gasteiger partial charge in [-0.3, -0.25) is 4.79 Å². The minimum Gasteiger partial charge on any atom is -0.318 e. The molecule has 1 amide bonds. The Bertz CT molecular complexity index is 1140. The van der Waals surface area contributed by atoms with Crippen molar-refractivity contribution in [2.24, 2.45) is 4.99 Å². The summed E-state index contributed by atoms with van der Waals surface area (Å²) in [6.45, 7) is 6.42. The number of nitrogens with one attached hydrogen (secondary N) is 1. The number of carbonyl (C=O) groups is 1. The van der Waals surface area contributed by atoms with Gasteiger partial charge >= 0.3 is 0 Å². The van der Waals surface area contributed by atoms with Gasteiger partial charge in [0.05, 0.1) is 10.6 Å². The van der Waals surface area contributed by atoms with Crippen LogP contribution in [0.5, 0.6) is 0 Å². The third-order valence-corrected chi connectivity index (χ3v) is 6.32. The molecule has 4 nitrogen and oxygen atoms in total. The summed E-state index contributed by atoms with van der Waals surface area (Å²) in [6.07, 6.45) is 5.51. The Labute approximate surface area is 188 Å². The lowest BCUT2D eigenvalue weighted by Gasteiger charge is -2.11. The van der Waals surface area contributed by atoms with Gasteiger partial charge in [-0.25, -0.2) is 4.99 Å². The number of hydrogen-bond donors (Lipinski definition) is 1. The highest BCUT2D eigenvalue weighted by Crippen LogP contribution is 2.30. The van der Waals surface area contributed by atoms with Crippen molar-refractivity contribution in [3.8, 4) is 5.69 Å². The summed E-state index contributed by atoms with van der Waals surface area (Å²) in [5.41, 5.74) is 6.66. The van der Waals surface area contributed by atoms with Crippen molar-refractivity contribution < 1.29 is 4.79 Å². The highest BCUT2D eigenvalue weighted by atomic mass is 32.2. The van der Waals surface area contributed by atoms with Gasteiger partial charge in [0.15, 0.2) is 5.17 Å². The first-order chi connectivity index (χ1) is 15.0. The number of unbranched alkanes of at least 4 members (excludes halogenated alkanes) is 1. The van der Waals surface area contributed by atoms with E-state index < -0.39 is 0 Å². The fourth-order valence-corrected chi connectivity index (χ4v) is 4.60. The Balaban J connectivity index is 1.58. The van der Waals surface area contributed by atoms with Crippen LogP contribution in [-0.2, 0) is 11.2 Å². The molecule has 0 aliphatic carbocycles. The minimum atomic E-state index is -0.107. The maximum atomic E-state index is 12.5. The lowest BCUT2D eigenvalue weighted by atomic mass is 10.1. The number of thioether (sulfide) groups is 1. The van der Waals surface area contributed by atoms with Crippen LogP contribution in [0.4, 0.5) is 5.69 Å². The normalized spacial score (nSPS) is 16.3. The molecule has 0 saturated carbocycles. The van der Waals surface area contributed by atoms with E-state index in [9.17, 15) is 4.79 Å². The summed E-state index contributed by atoms with van der Waals surface area (Å²) in [6, 6.07) is 20.6. The molecule has 0 radical (unpaired) electrons. The van der Waals surface area contributed by atoms with Crippen LogP contribution in [0.1, 0.15) is 42.3 Å². The van der Waals surface area contributed by atoms with E-state index in [0.717, 1.165) is 34.7 Å². The van der Waals surface area contributed by atoms with Gasteiger partial charge in [-0.1, -0.05) is 43.7 Å². The standard InChI is InChI=1S/C26H27N3OS/c1-4-5-9-20-12-14-23(15-13-20)29-18(2)16-21(19(29)3)17-24-25(30)28-26(31-24)27-22-10-7-6-8-11-22/h6-8,10-17H,4-5,9H2,1-3H3,(H,27,28,30)/b24-17+. The SMILES string of the molecule is CCCCc1ccc(-n2c(C)cc(/C=C3/SC(=Nc4ccccc4)NC3=O)c2C)cc1.